The van der Waals surface area contributed by atoms with Gasteiger partial charge in [0.25, 0.3) is 0 Å². The maximum absolute atomic E-state index is 14.4. The van der Waals surface area contributed by atoms with Gasteiger partial charge in [-0.2, -0.15) is 13.8 Å². The molecule has 0 unspecified atom stereocenters. The molecule has 144 valence electrons. The van der Waals surface area contributed by atoms with E-state index in [0.29, 0.717) is 22.4 Å². The molecule has 0 spiro atoms. The monoisotopic (exact) mass is 388 g/mol. The van der Waals surface area contributed by atoms with Crippen LogP contribution in [0.1, 0.15) is 19.9 Å². The third-order valence-corrected chi connectivity index (χ3v) is 4.74. The first-order valence-corrected chi connectivity index (χ1v) is 8.59. The van der Waals surface area contributed by atoms with Crippen LogP contribution in [0.3, 0.4) is 0 Å². The van der Waals surface area contributed by atoms with Crippen molar-refractivity contribution in [2.24, 2.45) is 0 Å². The van der Waals surface area contributed by atoms with Crippen LogP contribution >= 0.6 is 0 Å². The molecule has 0 radical (unpaired) electrons. The average Bonchev–Trinajstić information content (AvgIpc) is 2.94. The number of hydrogen-bond acceptors (Lipinski definition) is 6. The Morgan fingerprint density at radius 1 is 0.964 bits per heavy atom. The molecule has 6 rings (SSSR count). The highest BCUT2D eigenvalue weighted by Crippen LogP contribution is 2.44. The molecule has 9 heteroatoms. The van der Waals surface area contributed by atoms with Gasteiger partial charge < -0.3 is 18.9 Å². The largest absolute Gasteiger partial charge is 0.454 e. The summed E-state index contributed by atoms with van der Waals surface area (Å²) in [6.07, 6.45) is 0. The number of nitrogens with zero attached hydrogens (tertiary/aromatic N) is 2. The molecule has 28 heavy (non-hydrogen) atoms. The second-order valence-corrected chi connectivity index (χ2v) is 6.72. The Hall–Kier alpha value is -3.36. The third-order valence-electron chi connectivity index (χ3n) is 4.74. The van der Waals surface area contributed by atoms with Crippen LogP contribution in [-0.4, -0.2) is 23.1 Å². The predicted molar refractivity (Wildman–Crippen MR) is 94.0 cm³/mol. The fraction of sp³-hybridized carbons (Fsp3) is 0.263. The fourth-order valence-corrected chi connectivity index (χ4v) is 3.50. The number of fused-ring (bicyclic) bond motifs is 6. The average molecular weight is 388 g/mol. The van der Waals surface area contributed by atoms with Crippen LogP contribution in [0.4, 0.5) is 8.78 Å². The lowest BCUT2D eigenvalue weighted by Crippen LogP contribution is -2.25. The number of benzene rings is 2. The van der Waals surface area contributed by atoms with E-state index in [-0.39, 0.29) is 42.4 Å². The third kappa shape index (κ3) is 2.25. The minimum Gasteiger partial charge on any atom is -0.454 e. The molecule has 7 nitrogen and oxygen atoms in total. The lowest BCUT2D eigenvalue weighted by atomic mass is 10.0. The number of aromatic nitrogens is 2. The van der Waals surface area contributed by atoms with Crippen LogP contribution in [0, 0.1) is 11.6 Å². The van der Waals surface area contributed by atoms with Crippen molar-refractivity contribution in [3.8, 4) is 34.3 Å². The molecule has 0 aliphatic carbocycles. The smallest absolute Gasteiger partial charge is 0.348 e. The molecule has 2 bridgehead atoms. The second-order valence-electron chi connectivity index (χ2n) is 6.72. The minimum atomic E-state index is -1.19. The van der Waals surface area contributed by atoms with E-state index >= 15 is 0 Å². The fourth-order valence-electron chi connectivity index (χ4n) is 3.50. The summed E-state index contributed by atoms with van der Waals surface area (Å²) in [6, 6.07) is 4.45. The molecule has 4 heterocycles. The molecule has 0 saturated heterocycles. The SMILES string of the molecule is CC(C)n1c(=O)nc(-c2cc3c(F)c(F)c2OCO3)c2cc3c(cc21)OCO3. The van der Waals surface area contributed by atoms with E-state index in [1.54, 1.807) is 12.1 Å². The molecule has 0 fully saturated rings. The number of halogens is 2. The maximum Gasteiger partial charge on any atom is 0.348 e. The molecule has 2 aromatic carbocycles. The van der Waals surface area contributed by atoms with Crippen molar-refractivity contribution >= 4 is 10.9 Å². The Labute approximate surface area is 157 Å². The van der Waals surface area contributed by atoms with E-state index in [1.165, 1.54) is 10.6 Å². The first-order chi connectivity index (χ1) is 13.5. The summed E-state index contributed by atoms with van der Waals surface area (Å²) in [5.74, 6) is -2.03. The summed E-state index contributed by atoms with van der Waals surface area (Å²) in [4.78, 5) is 16.9. The van der Waals surface area contributed by atoms with E-state index in [2.05, 4.69) is 4.98 Å². The Morgan fingerprint density at radius 2 is 1.64 bits per heavy atom. The van der Waals surface area contributed by atoms with Gasteiger partial charge in [0.2, 0.25) is 25.2 Å². The standard InChI is InChI=1S/C19H14F2N2O5/c1-8(2)23-11-5-13-12(25-6-26-13)3-9(11)17(22-19(23)24)10-4-14-15(20)16(21)18(10)28-7-27-14/h3-5,8H,6-7H2,1-2H3. The van der Waals surface area contributed by atoms with Crippen molar-refractivity contribution in [1.29, 1.82) is 0 Å². The Bertz CT molecular complexity index is 1210. The first-order valence-electron chi connectivity index (χ1n) is 8.59. The van der Waals surface area contributed by atoms with Crippen molar-refractivity contribution in [3.63, 3.8) is 0 Å². The van der Waals surface area contributed by atoms with Gasteiger partial charge in [0.15, 0.2) is 23.0 Å². The topological polar surface area (TPSA) is 71.8 Å². The highest BCUT2D eigenvalue weighted by Gasteiger charge is 2.29. The number of rotatable bonds is 2. The van der Waals surface area contributed by atoms with E-state index in [4.69, 9.17) is 18.9 Å². The summed E-state index contributed by atoms with van der Waals surface area (Å²) in [5.41, 5.74) is 0.277. The van der Waals surface area contributed by atoms with Crippen LogP contribution in [-0.2, 0) is 0 Å². The normalized spacial score (nSPS) is 14.3. The summed E-state index contributed by atoms with van der Waals surface area (Å²) in [5, 5.41) is 0.515. The Kier molecular flexibility index (Phi) is 3.49. The van der Waals surface area contributed by atoms with Crippen molar-refractivity contribution in [3.05, 3.63) is 40.3 Å². The summed E-state index contributed by atoms with van der Waals surface area (Å²) >= 11 is 0. The summed E-state index contributed by atoms with van der Waals surface area (Å²) in [7, 11) is 0. The Balaban J connectivity index is 1.90. The van der Waals surface area contributed by atoms with Gasteiger partial charge in [0.1, 0.15) is 0 Å². The lowest BCUT2D eigenvalue weighted by Gasteiger charge is -2.17. The van der Waals surface area contributed by atoms with E-state index in [1.807, 2.05) is 13.8 Å². The van der Waals surface area contributed by atoms with Gasteiger partial charge in [0, 0.05) is 17.5 Å². The molecule has 0 N–H and O–H groups in total. The van der Waals surface area contributed by atoms with Gasteiger partial charge in [0.05, 0.1) is 16.8 Å². The maximum atomic E-state index is 14.4. The number of hydrogen-bond donors (Lipinski definition) is 0. The molecule has 0 saturated carbocycles. The zero-order chi connectivity index (χ0) is 19.6. The van der Waals surface area contributed by atoms with Crippen molar-refractivity contribution in [2.45, 2.75) is 19.9 Å². The quantitative estimate of drug-likeness (QED) is 0.670. The Morgan fingerprint density at radius 3 is 2.39 bits per heavy atom. The van der Waals surface area contributed by atoms with E-state index in [0.717, 1.165) is 0 Å². The molecular formula is C19H14F2N2O5. The van der Waals surface area contributed by atoms with Gasteiger partial charge in [-0.15, -0.1) is 0 Å². The zero-order valence-electron chi connectivity index (χ0n) is 14.9. The van der Waals surface area contributed by atoms with Crippen LogP contribution in [0.25, 0.3) is 22.2 Å². The van der Waals surface area contributed by atoms with Crippen molar-refractivity contribution in [1.82, 2.24) is 9.55 Å². The summed E-state index contributed by atoms with van der Waals surface area (Å²) < 4.78 is 51.1. The van der Waals surface area contributed by atoms with Gasteiger partial charge in [-0.05, 0) is 26.0 Å². The van der Waals surface area contributed by atoms with Crippen LogP contribution < -0.4 is 24.6 Å². The lowest BCUT2D eigenvalue weighted by molar-refractivity contribution is 0.123. The van der Waals surface area contributed by atoms with Crippen molar-refractivity contribution < 1.29 is 27.7 Å². The van der Waals surface area contributed by atoms with E-state index < -0.39 is 17.3 Å². The van der Waals surface area contributed by atoms with E-state index in [9.17, 15) is 13.6 Å². The molecule has 3 aliphatic rings. The van der Waals surface area contributed by atoms with Gasteiger partial charge in [-0.1, -0.05) is 0 Å². The van der Waals surface area contributed by atoms with Gasteiger partial charge >= 0.3 is 5.69 Å². The van der Waals surface area contributed by atoms with Crippen LogP contribution in [0.15, 0.2) is 23.0 Å². The number of ether oxygens (including phenoxy) is 4. The highest BCUT2D eigenvalue weighted by atomic mass is 19.2. The molecule has 1 aromatic heterocycles. The molecule has 3 aliphatic heterocycles. The molecule has 0 amide bonds. The highest BCUT2D eigenvalue weighted by molar-refractivity contribution is 5.96. The van der Waals surface area contributed by atoms with Crippen molar-refractivity contribution in [2.75, 3.05) is 13.6 Å². The predicted octanol–water partition coefficient (Wildman–Crippen LogP) is 3.38. The van der Waals surface area contributed by atoms with Crippen LogP contribution in [0.2, 0.25) is 0 Å². The zero-order valence-corrected chi connectivity index (χ0v) is 14.9. The second kappa shape index (κ2) is 5.82. The molecular weight excluding hydrogens is 374 g/mol. The molecule has 0 atom stereocenters. The van der Waals surface area contributed by atoms with Gasteiger partial charge in [-0.3, -0.25) is 4.57 Å². The first kappa shape index (κ1) is 16.8. The molecule has 3 aromatic rings. The van der Waals surface area contributed by atoms with Gasteiger partial charge in [-0.25, -0.2) is 4.79 Å². The summed E-state index contributed by atoms with van der Waals surface area (Å²) in [6.45, 7) is 3.40. The van der Waals surface area contributed by atoms with Crippen LogP contribution in [0.5, 0.6) is 23.0 Å². The minimum absolute atomic E-state index is 0.0534.